The van der Waals surface area contributed by atoms with Gasteiger partial charge >= 0.3 is 0 Å². The van der Waals surface area contributed by atoms with Crippen molar-refractivity contribution in [3.63, 3.8) is 0 Å². The van der Waals surface area contributed by atoms with Gasteiger partial charge in [0.1, 0.15) is 0 Å². The quantitative estimate of drug-likeness (QED) is 0.163. The number of hydrogen-bond acceptors (Lipinski definition) is 2. The van der Waals surface area contributed by atoms with E-state index in [1.54, 1.807) is 0 Å². The van der Waals surface area contributed by atoms with E-state index < -0.39 is 0 Å². The van der Waals surface area contributed by atoms with Crippen LogP contribution in [0, 0.1) is 0 Å². The third kappa shape index (κ3) is 6.46. The first-order valence-corrected chi connectivity index (χ1v) is 19.6. The average Bonchev–Trinajstić information content (AvgIpc) is 3.52. The molecule has 57 heavy (non-hydrogen) atoms. The van der Waals surface area contributed by atoms with E-state index in [0.717, 1.165) is 33.6 Å². The molecule has 8 aromatic carbocycles. The lowest BCUT2D eigenvalue weighted by Gasteiger charge is -2.22. The molecule has 9 aromatic rings. The van der Waals surface area contributed by atoms with Crippen molar-refractivity contribution in [2.24, 2.45) is 0 Å². The number of fused-ring (bicyclic) bond motifs is 3. The van der Waals surface area contributed by atoms with E-state index in [-0.39, 0.29) is 5.41 Å². The maximum atomic E-state index is 5.17. The predicted octanol–water partition coefficient (Wildman–Crippen LogP) is 14.5. The molecule has 1 heterocycles. The molecule has 270 valence electrons. The Labute approximate surface area is 334 Å². The maximum Gasteiger partial charge on any atom is 0.160 e. The van der Waals surface area contributed by atoms with Gasteiger partial charge in [-0.15, -0.1) is 0 Å². The fourth-order valence-electron chi connectivity index (χ4n) is 8.37. The molecule has 1 aliphatic carbocycles. The summed E-state index contributed by atoms with van der Waals surface area (Å²) < 4.78 is 0. The first kappa shape index (κ1) is 34.3. The Balaban J connectivity index is 0.984. The molecule has 1 aromatic heterocycles. The lowest BCUT2D eigenvalue weighted by Crippen LogP contribution is -2.14. The van der Waals surface area contributed by atoms with Crippen molar-refractivity contribution < 1.29 is 0 Å². The summed E-state index contributed by atoms with van der Waals surface area (Å²) in [5.74, 6) is 0.698. The van der Waals surface area contributed by atoms with Crippen molar-refractivity contribution in [1.29, 1.82) is 0 Å². The van der Waals surface area contributed by atoms with Crippen molar-refractivity contribution >= 4 is 0 Å². The first-order valence-electron chi connectivity index (χ1n) is 19.6. The molecule has 0 spiro atoms. The second kappa shape index (κ2) is 14.2. The number of rotatable bonds is 7. The van der Waals surface area contributed by atoms with E-state index in [1.807, 2.05) is 12.1 Å². The highest BCUT2D eigenvalue weighted by atomic mass is 14.9. The third-order valence-corrected chi connectivity index (χ3v) is 11.6. The van der Waals surface area contributed by atoms with E-state index in [0.29, 0.717) is 5.82 Å². The molecule has 0 unspecified atom stereocenters. The Kier molecular flexibility index (Phi) is 8.53. The highest BCUT2D eigenvalue weighted by Crippen LogP contribution is 2.49. The summed E-state index contributed by atoms with van der Waals surface area (Å²) >= 11 is 0. The van der Waals surface area contributed by atoms with Crippen molar-refractivity contribution in [1.82, 2.24) is 9.97 Å². The van der Waals surface area contributed by atoms with Gasteiger partial charge in [0.15, 0.2) is 5.82 Å². The summed E-state index contributed by atoms with van der Waals surface area (Å²) in [7, 11) is 0. The van der Waals surface area contributed by atoms with Crippen LogP contribution < -0.4 is 0 Å². The number of nitrogens with zero attached hydrogens (tertiary/aromatic N) is 2. The Morgan fingerprint density at radius 3 is 1.25 bits per heavy atom. The minimum Gasteiger partial charge on any atom is -0.228 e. The first-order chi connectivity index (χ1) is 28.0. The van der Waals surface area contributed by atoms with Gasteiger partial charge in [0, 0.05) is 22.1 Å². The molecule has 0 amide bonds. The highest BCUT2D eigenvalue weighted by Gasteiger charge is 2.35. The van der Waals surface area contributed by atoms with Crippen molar-refractivity contribution in [2.75, 3.05) is 0 Å². The van der Waals surface area contributed by atoms with Crippen LogP contribution in [0.25, 0.3) is 89.5 Å². The van der Waals surface area contributed by atoms with Crippen molar-refractivity contribution in [2.45, 2.75) is 19.3 Å². The summed E-state index contributed by atoms with van der Waals surface area (Å²) in [6, 6.07) is 73.7. The lowest BCUT2D eigenvalue weighted by atomic mass is 9.81. The largest absolute Gasteiger partial charge is 0.228 e. The monoisotopic (exact) mass is 728 g/mol. The van der Waals surface area contributed by atoms with E-state index in [1.165, 1.54) is 61.2 Å². The van der Waals surface area contributed by atoms with Crippen LogP contribution in [0.1, 0.15) is 25.0 Å². The predicted molar refractivity (Wildman–Crippen MR) is 238 cm³/mol. The molecule has 0 saturated heterocycles. The minimum atomic E-state index is -0.0359. The van der Waals surface area contributed by atoms with Crippen molar-refractivity contribution in [3.05, 3.63) is 217 Å². The van der Waals surface area contributed by atoms with Crippen LogP contribution in [-0.4, -0.2) is 9.97 Å². The highest BCUT2D eigenvalue weighted by molar-refractivity contribution is 5.85. The zero-order chi connectivity index (χ0) is 38.3. The fourth-order valence-corrected chi connectivity index (χ4v) is 8.37. The minimum absolute atomic E-state index is 0.0359. The molecule has 2 heteroatoms. The van der Waals surface area contributed by atoms with E-state index >= 15 is 0 Å². The molecule has 0 bridgehead atoms. The molecule has 0 N–H and O–H groups in total. The Morgan fingerprint density at radius 1 is 0.281 bits per heavy atom. The topological polar surface area (TPSA) is 25.8 Å². The van der Waals surface area contributed by atoms with Crippen LogP contribution in [0.15, 0.2) is 206 Å². The Bertz CT molecular complexity index is 2770. The van der Waals surface area contributed by atoms with E-state index in [2.05, 4.69) is 208 Å². The molecule has 2 nitrogen and oxygen atoms in total. The molecule has 0 atom stereocenters. The van der Waals surface area contributed by atoms with Gasteiger partial charge in [0.25, 0.3) is 0 Å². The van der Waals surface area contributed by atoms with E-state index in [4.69, 9.17) is 9.97 Å². The van der Waals surface area contributed by atoms with Gasteiger partial charge in [-0.05, 0) is 85.0 Å². The molecule has 1 aliphatic rings. The van der Waals surface area contributed by atoms with Crippen LogP contribution in [0.4, 0.5) is 0 Å². The molecule has 0 saturated carbocycles. The molecular formula is C55H40N2. The zero-order valence-corrected chi connectivity index (χ0v) is 32.0. The van der Waals surface area contributed by atoms with Gasteiger partial charge in [-0.3, -0.25) is 0 Å². The Morgan fingerprint density at radius 2 is 0.667 bits per heavy atom. The van der Waals surface area contributed by atoms with Crippen molar-refractivity contribution in [3.8, 4) is 89.5 Å². The smallest absolute Gasteiger partial charge is 0.160 e. The van der Waals surface area contributed by atoms with Crippen LogP contribution in [-0.2, 0) is 5.41 Å². The summed E-state index contributed by atoms with van der Waals surface area (Å²) in [5.41, 5.74) is 19.8. The summed E-state index contributed by atoms with van der Waals surface area (Å²) in [5, 5.41) is 0. The number of aromatic nitrogens is 2. The zero-order valence-electron chi connectivity index (χ0n) is 32.0. The van der Waals surface area contributed by atoms with Gasteiger partial charge in [-0.2, -0.15) is 0 Å². The van der Waals surface area contributed by atoms with Crippen LogP contribution in [0.3, 0.4) is 0 Å². The molecule has 0 radical (unpaired) electrons. The van der Waals surface area contributed by atoms with E-state index in [9.17, 15) is 0 Å². The lowest BCUT2D eigenvalue weighted by molar-refractivity contribution is 0.660. The summed E-state index contributed by atoms with van der Waals surface area (Å²) in [6.45, 7) is 4.68. The van der Waals surface area contributed by atoms with Gasteiger partial charge in [0.2, 0.25) is 0 Å². The normalized spacial score (nSPS) is 12.5. The maximum absolute atomic E-state index is 5.17. The van der Waals surface area contributed by atoms with Crippen LogP contribution in [0.5, 0.6) is 0 Å². The summed E-state index contributed by atoms with van der Waals surface area (Å²) in [4.78, 5) is 10.3. The molecule has 10 rings (SSSR count). The van der Waals surface area contributed by atoms with Gasteiger partial charge in [-0.25, -0.2) is 9.97 Å². The SMILES string of the molecule is CC1(C)c2ccccc2-c2ccc(-c3cccc(-c4ccc(-c5nc(-c6ccc(-c7ccccc7)cc6)cc(-c6ccc(-c7ccccc7)cc6)n5)cc4)c3)cc21. The van der Waals surface area contributed by atoms with Gasteiger partial charge in [-0.1, -0.05) is 202 Å². The van der Waals surface area contributed by atoms with Gasteiger partial charge < -0.3 is 0 Å². The second-order valence-electron chi connectivity index (χ2n) is 15.4. The fraction of sp³-hybridized carbons (Fsp3) is 0.0545. The van der Waals surface area contributed by atoms with Crippen LogP contribution in [0.2, 0.25) is 0 Å². The molecule has 0 aliphatic heterocycles. The van der Waals surface area contributed by atoms with Gasteiger partial charge in [0.05, 0.1) is 11.4 Å². The Hall–Kier alpha value is -7.16. The second-order valence-corrected chi connectivity index (χ2v) is 15.4. The number of benzene rings is 8. The molecular weight excluding hydrogens is 689 g/mol. The number of hydrogen-bond donors (Lipinski definition) is 0. The molecule has 0 fully saturated rings. The average molecular weight is 729 g/mol. The standard InChI is InChI=1S/C55H40N2/c1-55(2)50-19-10-9-18-48(50)49-33-32-47(35-51(49)55)46-17-11-16-45(34-46)41-24-30-44(31-25-41)54-56-52(42-26-20-39(21-27-42)37-12-5-3-6-13-37)36-53(57-54)43-28-22-40(23-29-43)38-14-7-4-8-15-38/h3-36H,1-2H3. The third-order valence-electron chi connectivity index (χ3n) is 11.6. The summed E-state index contributed by atoms with van der Waals surface area (Å²) in [6.07, 6.45) is 0. The van der Waals surface area contributed by atoms with Crippen LogP contribution >= 0.6 is 0 Å².